The molecule has 1 fully saturated rings. The van der Waals surface area contributed by atoms with Crippen molar-refractivity contribution in [3.05, 3.63) is 88.0 Å². The summed E-state index contributed by atoms with van der Waals surface area (Å²) in [4.78, 5) is 36.4. The summed E-state index contributed by atoms with van der Waals surface area (Å²) in [6, 6.07) is 9.97. The van der Waals surface area contributed by atoms with Gasteiger partial charge in [0.05, 0.1) is 34.0 Å². The molecule has 10 heteroatoms. The standard InChI is InChI=1S/C25H17ClFN3O4S/c1-12-8-14(34-2)5-6-15(12)22(31)20-21(13-4-3-7-28-11-13)30(24(33)23(20)32)25-29-18-9-16(26)17(27)10-19(18)35-25/h3-11,21,31H,1-2H3/b22-20+. The van der Waals surface area contributed by atoms with Crippen LogP contribution in [0, 0.1) is 12.7 Å². The first-order valence-electron chi connectivity index (χ1n) is 10.4. The molecule has 176 valence electrons. The van der Waals surface area contributed by atoms with E-state index in [4.69, 9.17) is 16.3 Å². The van der Waals surface area contributed by atoms with Gasteiger partial charge in [0, 0.05) is 18.0 Å². The number of Topliss-reactive ketones (excluding diaryl/α,β-unsaturated/α-hetero) is 1. The van der Waals surface area contributed by atoms with Crippen molar-refractivity contribution in [3.8, 4) is 5.75 Å². The van der Waals surface area contributed by atoms with Crippen molar-refractivity contribution in [3.63, 3.8) is 0 Å². The number of nitrogens with zero attached hydrogens (tertiary/aromatic N) is 3. The van der Waals surface area contributed by atoms with Gasteiger partial charge in [-0.1, -0.05) is 29.0 Å². The van der Waals surface area contributed by atoms with E-state index in [1.165, 1.54) is 30.3 Å². The molecule has 3 heterocycles. The average molecular weight is 510 g/mol. The summed E-state index contributed by atoms with van der Waals surface area (Å²) in [7, 11) is 1.53. The molecule has 7 nitrogen and oxygen atoms in total. The summed E-state index contributed by atoms with van der Waals surface area (Å²) in [5.41, 5.74) is 1.83. The molecule has 1 atom stereocenters. The van der Waals surface area contributed by atoms with Crippen molar-refractivity contribution in [1.82, 2.24) is 9.97 Å². The summed E-state index contributed by atoms with van der Waals surface area (Å²) in [5, 5.41) is 11.4. The van der Waals surface area contributed by atoms with E-state index in [-0.39, 0.29) is 21.5 Å². The number of aliphatic hydroxyl groups is 1. The number of thiazole rings is 1. The number of benzene rings is 2. The zero-order chi connectivity index (χ0) is 24.9. The number of fused-ring (bicyclic) bond motifs is 1. The fraction of sp³-hybridized carbons (Fsp3) is 0.120. The number of rotatable bonds is 4. The van der Waals surface area contributed by atoms with Gasteiger partial charge >= 0.3 is 5.91 Å². The molecule has 1 amide bonds. The molecule has 2 aromatic heterocycles. The molecular weight excluding hydrogens is 493 g/mol. The number of aromatic nitrogens is 2. The van der Waals surface area contributed by atoms with Crippen LogP contribution in [0.25, 0.3) is 16.0 Å². The van der Waals surface area contributed by atoms with Crippen LogP contribution in [0.4, 0.5) is 9.52 Å². The maximum atomic E-state index is 14.0. The van der Waals surface area contributed by atoms with Crippen LogP contribution in [0.3, 0.4) is 0 Å². The molecule has 1 saturated heterocycles. The summed E-state index contributed by atoms with van der Waals surface area (Å²) >= 11 is 6.94. The van der Waals surface area contributed by atoms with Gasteiger partial charge < -0.3 is 9.84 Å². The normalized spacial score (nSPS) is 17.4. The first kappa shape index (κ1) is 22.9. The molecule has 35 heavy (non-hydrogen) atoms. The van der Waals surface area contributed by atoms with Crippen LogP contribution in [-0.4, -0.2) is 33.9 Å². The maximum Gasteiger partial charge on any atom is 0.301 e. The lowest BCUT2D eigenvalue weighted by Gasteiger charge is -2.22. The zero-order valence-electron chi connectivity index (χ0n) is 18.5. The fourth-order valence-corrected chi connectivity index (χ4v) is 5.23. The molecule has 1 aliphatic heterocycles. The topological polar surface area (TPSA) is 92.6 Å². The highest BCUT2D eigenvalue weighted by Crippen LogP contribution is 2.44. The van der Waals surface area contributed by atoms with Crippen LogP contribution in [0.1, 0.15) is 22.7 Å². The van der Waals surface area contributed by atoms with Gasteiger partial charge in [-0.2, -0.15) is 0 Å². The van der Waals surface area contributed by atoms with E-state index in [0.717, 1.165) is 11.3 Å². The molecule has 0 spiro atoms. The van der Waals surface area contributed by atoms with Crippen molar-refractivity contribution >= 4 is 55.7 Å². The molecule has 0 saturated carbocycles. The smallest absolute Gasteiger partial charge is 0.301 e. The van der Waals surface area contributed by atoms with Gasteiger partial charge in [-0.25, -0.2) is 9.37 Å². The maximum absolute atomic E-state index is 14.0. The predicted octanol–water partition coefficient (Wildman–Crippen LogP) is 5.43. The molecule has 0 aliphatic carbocycles. The van der Waals surface area contributed by atoms with Gasteiger partial charge in [-0.15, -0.1) is 0 Å². The van der Waals surface area contributed by atoms with Gasteiger partial charge in [0.25, 0.3) is 5.78 Å². The number of aryl methyl sites for hydroxylation is 1. The lowest BCUT2D eigenvalue weighted by molar-refractivity contribution is -0.132. The number of hydrogen-bond donors (Lipinski definition) is 1. The van der Waals surface area contributed by atoms with Gasteiger partial charge in [0.15, 0.2) is 5.13 Å². The number of halogens is 2. The Labute approximate surface area is 208 Å². The minimum Gasteiger partial charge on any atom is -0.507 e. The largest absolute Gasteiger partial charge is 0.507 e. The predicted molar refractivity (Wildman–Crippen MR) is 131 cm³/mol. The molecule has 1 N–H and O–H groups in total. The van der Waals surface area contributed by atoms with Crippen LogP contribution in [-0.2, 0) is 9.59 Å². The number of hydrogen-bond acceptors (Lipinski definition) is 7. The number of carbonyl (C=O) groups excluding carboxylic acids is 2. The number of aliphatic hydroxyl groups excluding tert-OH is 1. The van der Waals surface area contributed by atoms with E-state index in [9.17, 15) is 19.1 Å². The number of carbonyl (C=O) groups is 2. The fourth-order valence-electron chi connectivity index (χ4n) is 4.07. The highest BCUT2D eigenvalue weighted by Gasteiger charge is 2.48. The van der Waals surface area contributed by atoms with Gasteiger partial charge in [0.2, 0.25) is 0 Å². The quantitative estimate of drug-likeness (QED) is 0.224. The molecule has 2 aromatic carbocycles. The average Bonchev–Trinajstić information content (AvgIpc) is 3.36. The van der Waals surface area contributed by atoms with E-state index < -0.39 is 23.5 Å². The Bertz CT molecular complexity index is 1500. The van der Waals surface area contributed by atoms with E-state index in [2.05, 4.69) is 9.97 Å². The molecule has 1 aliphatic rings. The molecular formula is C25H17ClFN3O4S. The Morgan fingerprint density at radius 1 is 1.23 bits per heavy atom. The van der Waals surface area contributed by atoms with Crippen LogP contribution in [0.15, 0.2) is 60.4 Å². The van der Waals surface area contributed by atoms with Crippen LogP contribution < -0.4 is 9.64 Å². The van der Waals surface area contributed by atoms with E-state index in [0.29, 0.717) is 32.7 Å². The first-order chi connectivity index (χ1) is 16.8. The van der Waals surface area contributed by atoms with Gasteiger partial charge in [0.1, 0.15) is 17.3 Å². The SMILES string of the molecule is COc1ccc(/C(O)=C2\C(=O)C(=O)N(c3nc4cc(Cl)c(F)cc4s3)C2c2cccnc2)c(C)c1. The number of pyridine rings is 1. The first-order valence-corrected chi connectivity index (χ1v) is 11.6. The molecule has 5 rings (SSSR count). The third-order valence-corrected chi connectivity index (χ3v) is 7.07. The Morgan fingerprint density at radius 2 is 2.03 bits per heavy atom. The van der Waals surface area contributed by atoms with Crippen LogP contribution in [0.5, 0.6) is 5.75 Å². The Morgan fingerprint density at radius 3 is 2.71 bits per heavy atom. The number of methoxy groups -OCH3 is 1. The Balaban J connectivity index is 1.72. The molecule has 0 radical (unpaired) electrons. The highest BCUT2D eigenvalue weighted by molar-refractivity contribution is 7.22. The number of ketones is 1. The third-order valence-electron chi connectivity index (χ3n) is 5.76. The molecule has 1 unspecified atom stereocenters. The summed E-state index contributed by atoms with van der Waals surface area (Å²) in [6.07, 6.45) is 3.08. The lowest BCUT2D eigenvalue weighted by atomic mass is 9.95. The van der Waals surface area contributed by atoms with E-state index in [1.807, 2.05) is 0 Å². The minimum absolute atomic E-state index is 0.0975. The van der Waals surface area contributed by atoms with E-state index >= 15 is 0 Å². The van der Waals surface area contributed by atoms with Gasteiger partial charge in [-0.05, 0) is 54.4 Å². The second-order valence-corrected chi connectivity index (χ2v) is 9.28. The van der Waals surface area contributed by atoms with Crippen molar-refractivity contribution in [2.45, 2.75) is 13.0 Å². The monoisotopic (exact) mass is 509 g/mol. The second kappa shape index (κ2) is 8.75. The number of anilines is 1. The van der Waals surface area contributed by atoms with E-state index in [1.54, 1.807) is 43.5 Å². The Hall–Kier alpha value is -3.82. The van der Waals surface area contributed by atoms with Crippen molar-refractivity contribution in [1.29, 1.82) is 0 Å². The van der Waals surface area contributed by atoms with Crippen molar-refractivity contribution in [2.75, 3.05) is 12.0 Å². The highest BCUT2D eigenvalue weighted by atomic mass is 35.5. The Kier molecular flexibility index (Phi) is 5.74. The summed E-state index contributed by atoms with van der Waals surface area (Å²) in [5.74, 6) is -2.08. The van der Waals surface area contributed by atoms with Crippen molar-refractivity contribution in [2.24, 2.45) is 0 Å². The van der Waals surface area contributed by atoms with Crippen LogP contribution in [0.2, 0.25) is 5.02 Å². The zero-order valence-corrected chi connectivity index (χ0v) is 20.0. The van der Waals surface area contributed by atoms with Gasteiger partial charge in [-0.3, -0.25) is 19.5 Å². The molecule has 0 bridgehead atoms. The van der Waals surface area contributed by atoms with Crippen molar-refractivity contribution < 1.29 is 23.8 Å². The number of ether oxygens (including phenoxy) is 1. The summed E-state index contributed by atoms with van der Waals surface area (Å²) < 4.78 is 19.7. The summed E-state index contributed by atoms with van der Waals surface area (Å²) in [6.45, 7) is 1.76. The second-order valence-electron chi connectivity index (χ2n) is 7.87. The van der Waals surface area contributed by atoms with Crippen LogP contribution >= 0.6 is 22.9 Å². The lowest BCUT2D eigenvalue weighted by Crippen LogP contribution is -2.29. The third kappa shape index (κ3) is 3.82. The minimum atomic E-state index is -0.994. The molecule has 4 aromatic rings. The number of amides is 1.